The van der Waals surface area contributed by atoms with Gasteiger partial charge in [0.05, 0.1) is 13.7 Å². The lowest BCUT2D eigenvalue weighted by atomic mass is 10.1. The maximum Gasteiger partial charge on any atom is 0.383 e. The summed E-state index contributed by atoms with van der Waals surface area (Å²) >= 11 is 0. The zero-order chi connectivity index (χ0) is 22.6. The molecule has 0 saturated carbocycles. The molecular weight excluding hydrogens is 392 g/mol. The molecule has 0 unspecified atom stereocenters. The van der Waals surface area contributed by atoms with E-state index in [2.05, 4.69) is 52.0 Å². The Morgan fingerprint density at radius 1 is 1.03 bits per heavy atom. The molecule has 168 valence electrons. The molecule has 0 aliphatic rings. The van der Waals surface area contributed by atoms with Gasteiger partial charge >= 0.3 is 5.63 Å². The van der Waals surface area contributed by atoms with Crippen LogP contribution in [0.3, 0.4) is 0 Å². The van der Waals surface area contributed by atoms with Crippen LogP contribution in [-0.4, -0.2) is 20.3 Å². The number of fused-ring (bicyclic) bond motifs is 1. The van der Waals surface area contributed by atoms with Crippen LogP contribution in [0.15, 0.2) is 62.9 Å². The third kappa shape index (κ3) is 7.35. The van der Waals surface area contributed by atoms with Crippen LogP contribution >= 0.6 is 0 Å². The Kier molecular flexibility index (Phi) is 9.95. The van der Waals surface area contributed by atoms with Crippen molar-refractivity contribution in [2.24, 2.45) is 0 Å². The second kappa shape index (κ2) is 12.7. The minimum Gasteiger partial charge on any atom is -0.489 e. The van der Waals surface area contributed by atoms with Crippen molar-refractivity contribution in [1.29, 1.82) is 0 Å². The summed E-state index contributed by atoms with van der Waals surface area (Å²) in [6.07, 6.45) is 12.2. The summed E-state index contributed by atoms with van der Waals surface area (Å²) in [5, 5.41) is 0.606. The van der Waals surface area contributed by atoms with Crippen molar-refractivity contribution in [1.82, 2.24) is 0 Å². The number of allylic oxidation sites excluding steroid dienone is 4. The topological polar surface area (TPSA) is 57.9 Å². The van der Waals surface area contributed by atoms with Gasteiger partial charge in [-0.25, -0.2) is 4.79 Å². The summed E-state index contributed by atoms with van der Waals surface area (Å²) in [6, 6.07) is 5.37. The number of ether oxygens (including phenoxy) is 3. The van der Waals surface area contributed by atoms with Crippen LogP contribution < -0.4 is 19.8 Å². The predicted molar refractivity (Wildman–Crippen MR) is 126 cm³/mol. The lowest BCUT2D eigenvalue weighted by Gasteiger charge is -2.14. The maximum absolute atomic E-state index is 12.3. The zero-order valence-corrected chi connectivity index (χ0v) is 19.3. The molecule has 0 saturated heterocycles. The van der Waals surface area contributed by atoms with Crippen LogP contribution in [0.2, 0.25) is 0 Å². The van der Waals surface area contributed by atoms with E-state index in [4.69, 9.17) is 18.6 Å². The van der Waals surface area contributed by atoms with Crippen molar-refractivity contribution >= 4 is 11.0 Å². The summed E-state index contributed by atoms with van der Waals surface area (Å²) in [5.41, 5.74) is 2.43. The standard InChI is InChI=1S/C26H34O5/c1-6-7-8-9-17-30-24-23-21(29-18-16-20(4)13-10-12-19(2)3)14-11-15-22(23)31-26(27)25(24)28-5/h7-8,11-12,14-16H,6,9-10,13,17-18H2,1-5H3/b8-7?,20-16+. The predicted octanol–water partition coefficient (Wildman–Crippen LogP) is 6.61. The normalized spacial score (nSPS) is 11.7. The molecule has 0 fully saturated rings. The van der Waals surface area contributed by atoms with Gasteiger partial charge in [-0.15, -0.1) is 0 Å². The fraction of sp³-hybridized carbons (Fsp3) is 0.423. The second-order valence-electron chi connectivity index (χ2n) is 7.58. The van der Waals surface area contributed by atoms with Crippen molar-refractivity contribution < 1.29 is 18.6 Å². The molecule has 5 nitrogen and oxygen atoms in total. The van der Waals surface area contributed by atoms with E-state index in [9.17, 15) is 4.79 Å². The van der Waals surface area contributed by atoms with Crippen LogP contribution in [0.5, 0.6) is 17.2 Å². The molecule has 2 aromatic rings. The zero-order valence-electron chi connectivity index (χ0n) is 19.3. The maximum atomic E-state index is 12.3. The first-order chi connectivity index (χ1) is 15.0. The average Bonchev–Trinajstić information content (AvgIpc) is 2.73. The first kappa shape index (κ1) is 24.3. The largest absolute Gasteiger partial charge is 0.489 e. The Bertz CT molecular complexity index is 991. The first-order valence-corrected chi connectivity index (χ1v) is 10.8. The summed E-state index contributed by atoms with van der Waals surface area (Å²) in [6.45, 7) is 9.23. The molecule has 5 heteroatoms. The van der Waals surface area contributed by atoms with E-state index >= 15 is 0 Å². The quantitative estimate of drug-likeness (QED) is 0.217. The van der Waals surface area contributed by atoms with Crippen molar-refractivity contribution in [3.63, 3.8) is 0 Å². The van der Waals surface area contributed by atoms with E-state index in [0.717, 1.165) is 25.7 Å². The molecule has 0 atom stereocenters. The molecule has 0 N–H and O–H groups in total. The third-order valence-corrected chi connectivity index (χ3v) is 4.71. The van der Waals surface area contributed by atoms with Gasteiger partial charge in [0.15, 0.2) is 5.75 Å². The van der Waals surface area contributed by atoms with E-state index in [-0.39, 0.29) is 5.75 Å². The Balaban J connectivity index is 2.27. The lowest BCUT2D eigenvalue weighted by molar-refractivity contribution is 0.291. The fourth-order valence-electron chi connectivity index (χ4n) is 3.08. The van der Waals surface area contributed by atoms with Gasteiger partial charge in [-0.05, 0) is 64.7 Å². The van der Waals surface area contributed by atoms with Gasteiger partial charge in [0.1, 0.15) is 23.3 Å². The van der Waals surface area contributed by atoms with Crippen LogP contribution in [0.4, 0.5) is 0 Å². The minimum absolute atomic E-state index is 0.0523. The van der Waals surface area contributed by atoms with Gasteiger partial charge in [-0.1, -0.05) is 42.4 Å². The average molecular weight is 427 g/mol. The fourth-order valence-corrected chi connectivity index (χ4v) is 3.08. The number of rotatable bonds is 12. The lowest BCUT2D eigenvalue weighted by Crippen LogP contribution is -2.09. The molecule has 0 bridgehead atoms. The van der Waals surface area contributed by atoms with Gasteiger partial charge in [0.2, 0.25) is 5.75 Å². The Morgan fingerprint density at radius 2 is 1.84 bits per heavy atom. The van der Waals surface area contributed by atoms with E-state index in [1.807, 2.05) is 6.07 Å². The number of hydrogen-bond acceptors (Lipinski definition) is 5. The summed E-state index contributed by atoms with van der Waals surface area (Å²) < 4.78 is 22.8. The van der Waals surface area contributed by atoms with Gasteiger partial charge in [-0.3, -0.25) is 0 Å². The van der Waals surface area contributed by atoms with E-state index in [1.165, 1.54) is 18.3 Å². The Morgan fingerprint density at radius 3 is 2.55 bits per heavy atom. The number of methoxy groups -OCH3 is 1. The van der Waals surface area contributed by atoms with E-state index in [0.29, 0.717) is 35.7 Å². The molecule has 31 heavy (non-hydrogen) atoms. The SMILES string of the molecule is CCC=CCCOc1c(OC)c(=O)oc2cccc(OC/C=C(\C)CCC=C(C)C)c12. The highest BCUT2D eigenvalue weighted by molar-refractivity contribution is 5.91. The van der Waals surface area contributed by atoms with Crippen molar-refractivity contribution in [2.45, 2.75) is 53.4 Å². The van der Waals surface area contributed by atoms with Crippen molar-refractivity contribution in [2.75, 3.05) is 20.3 Å². The molecule has 1 aromatic carbocycles. The van der Waals surface area contributed by atoms with Crippen molar-refractivity contribution in [3.05, 3.63) is 64.1 Å². The number of hydrogen-bond donors (Lipinski definition) is 0. The van der Waals surface area contributed by atoms with E-state index in [1.54, 1.807) is 12.1 Å². The van der Waals surface area contributed by atoms with Gasteiger partial charge in [0.25, 0.3) is 0 Å². The monoisotopic (exact) mass is 426 g/mol. The summed E-state index contributed by atoms with van der Waals surface area (Å²) in [7, 11) is 1.43. The third-order valence-electron chi connectivity index (χ3n) is 4.71. The highest BCUT2D eigenvalue weighted by Crippen LogP contribution is 2.38. The molecule has 0 radical (unpaired) electrons. The minimum atomic E-state index is -0.568. The van der Waals surface area contributed by atoms with Gasteiger partial charge < -0.3 is 18.6 Å². The molecule has 2 rings (SSSR count). The number of benzene rings is 1. The molecular formula is C26H34O5. The Labute approximate surface area is 185 Å². The van der Waals surface area contributed by atoms with Crippen LogP contribution in [0.25, 0.3) is 11.0 Å². The molecule has 1 heterocycles. The molecule has 0 aliphatic heterocycles. The summed E-state index contributed by atoms with van der Waals surface area (Å²) in [5.74, 6) is 1.00. The Hall–Kier alpha value is -2.95. The van der Waals surface area contributed by atoms with Gasteiger partial charge in [0, 0.05) is 0 Å². The molecule has 0 spiro atoms. The van der Waals surface area contributed by atoms with Crippen LogP contribution in [0, 0.1) is 0 Å². The smallest absolute Gasteiger partial charge is 0.383 e. The molecule has 0 amide bonds. The van der Waals surface area contributed by atoms with Gasteiger partial charge in [-0.2, -0.15) is 0 Å². The molecule has 1 aromatic heterocycles. The van der Waals surface area contributed by atoms with Crippen LogP contribution in [-0.2, 0) is 0 Å². The first-order valence-electron chi connectivity index (χ1n) is 10.8. The van der Waals surface area contributed by atoms with Crippen molar-refractivity contribution in [3.8, 4) is 17.2 Å². The molecule has 0 aliphatic carbocycles. The highest BCUT2D eigenvalue weighted by Gasteiger charge is 2.20. The van der Waals surface area contributed by atoms with E-state index < -0.39 is 5.63 Å². The highest BCUT2D eigenvalue weighted by atomic mass is 16.5. The second-order valence-corrected chi connectivity index (χ2v) is 7.58. The summed E-state index contributed by atoms with van der Waals surface area (Å²) in [4.78, 5) is 12.3. The van der Waals surface area contributed by atoms with Crippen LogP contribution in [0.1, 0.15) is 53.4 Å².